The molecular weight excluding hydrogens is 463 g/mol. The summed E-state index contributed by atoms with van der Waals surface area (Å²) < 4.78 is 50.5. The zero-order valence-corrected chi connectivity index (χ0v) is 19.5. The number of rotatable bonds is 6. The van der Waals surface area contributed by atoms with Gasteiger partial charge in [-0.05, 0) is 44.0 Å². The van der Waals surface area contributed by atoms with E-state index in [1.807, 2.05) is 0 Å². The molecule has 0 saturated carbocycles. The lowest BCUT2D eigenvalue weighted by atomic mass is 9.96. The monoisotopic (exact) mass is 486 g/mol. The Labute approximate surface area is 190 Å². The lowest BCUT2D eigenvalue weighted by molar-refractivity contribution is -0.136. The van der Waals surface area contributed by atoms with Gasteiger partial charge in [0.1, 0.15) is 22.9 Å². The van der Waals surface area contributed by atoms with E-state index in [9.17, 15) is 22.4 Å². The van der Waals surface area contributed by atoms with Crippen LogP contribution in [0.3, 0.4) is 0 Å². The van der Waals surface area contributed by atoms with Gasteiger partial charge in [-0.15, -0.1) is 0 Å². The first-order valence-electron chi connectivity index (χ1n) is 9.92. The zero-order valence-electron chi connectivity index (χ0n) is 17.9. The number of amides is 1. The minimum atomic E-state index is -3.83. The largest absolute Gasteiger partial charge is 0.465 e. The lowest BCUT2D eigenvalue weighted by Gasteiger charge is -2.32. The molecule has 0 radical (unpaired) electrons. The SMILES string of the molecule is COC(=O)c1cc(CN(C)C(=O)C2CCN(S(=O)(=O)c3ccc(F)c(Cl)c3)CC2)oc1C. The highest BCUT2D eigenvalue weighted by molar-refractivity contribution is 7.89. The van der Waals surface area contributed by atoms with E-state index in [0.29, 0.717) is 29.9 Å². The van der Waals surface area contributed by atoms with Crippen molar-refractivity contribution in [1.29, 1.82) is 0 Å². The molecule has 1 aromatic heterocycles. The number of halogens is 2. The number of sulfonamides is 1. The van der Waals surface area contributed by atoms with E-state index < -0.39 is 21.8 Å². The van der Waals surface area contributed by atoms with E-state index in [1.54, 1.807) is 20.0 Å². The molecule has 0 unspecified atom stereocenters. The number of piperidine rings is 1. The number of aryl methyl sites for hydroxylation is 1. The highest BCUT2D eigenvalue weighted by Crippen LogP contribution is 2.27. The molecule has 11 heteroatoms. The molecule has 1 aliphatic heterocycles. The molecule has 0 atom stereocenters. The second-order valence-electron chi connectivity index (χ2n) is 7.62. The topological polar surface area (TPSA) is 97.1 Å². The van der Waals surface area contributed by atoms with E-state index >= 15 is 0 Å². The molecule has 0 spiro atoms. The van der Waals surface area contributed by atoms with E-state index in [0.717, 1.165) is 12.1 Å². The molecule has 1 fully saturated rings. The van der Waals surface area contributed by atoms with Crippen LogP contribution in [-0.2, 0) is 26.1 Å². The smallest absolute Gasteiger partial charge is 0.341 e. The van der Waals surface area contributed by atoms with Gasteiger partial charge >= 0.3 is 5.97 Å². The number of carbonyl (C=O) groups is 2. The Balaban J connectivity index is 1.61. The van der Waals surface area contributed by atoms with Crippen molar-refractivity contribution in [3.8, 4) is 0 Å². The Morgan fingerprint density at radius 3 is 2.53 bits per heavy atom. The number of methoxy groups -OCH3 is 1. The van der Waals surface area contributed by atoms with E-state index in [1.165, 1.54) is 22.4 Å². The third kappa shape index (κ3) is 4.97. The Hall–Kier alpha value is -2.43. The summed E-state index contributed by atoms with van der Waals surface area (Å²) in [5.41, 5.74) is 0.308. The van der Waals surface area contributed by atoms with Gasteiger partial charge in [-0.3, -0.25) is 4.79 Å². The third-order valence-electron chi connectivity index (χ3n) is 5.48. The van der Waals surface area contributed by atoms with Gasteiger partial charge in [0.25, 0.3) is 0 Å². The Bertz CT molecular complexity index is 1130. The van der Waals surface area contributed by atoms with Gasteiger partial charge in [-0.25, -0.2) is 17.6 Å². The summed E-state index contributed by atoms with van der Waals surface area (Å²) in [6, 6.07) is 4.83. The molecule has 0 bridgehead atoms. The van der Waals surface area contributed by atoms with Crippen LogP contribution in [0.2, 0.25) is 5.02 Å². The van der Waals surface area contributed by atoms with E-state index in [-0.39, 0.29) is 41.4 Å². The second-order valence-corrected chi connectivity index (χ2v) is 9.97. The molecule has 0 aliphatic carbocycles. The highest BCUT2D eigenvalue weighted by Gasteiger charge is 2.33. The third-order valence-corrected chi connectivity index (χ3v) is 7.66. The molecule has 1 aromatic carbocycles. The minimum Gasteiger partial charge on any atom is -0.465 e. The van der Waals surface area contributed by atoms with Crippen LogP contribution in [0.5, 0.6) is 0 Å². The average Bonchev–Trinajstić information content (AvgIpc) is 3.14. The van der Waals surface area contributed by atoms with Crippen molar-refractivity contribution in [1.82, 2.24) is 9.21 Å². The summed E-state index contributed by atoms with van der Waals surface area (Å²) in [5, 5.41) is -0.263. The molecule has 2 aromatic rings. The summed E-state index contributed by atoms with van der Waals surface area (Å²) in [4.78, 5) is 26.0. The number of hydrogen-bond donors (Lipinski definition) is 0. The first kappa shape index (κ1) is 24.2. The summed E-state index contributed by atoms with van der Waals surface area (Å²) in [7, 11) is -0.928. The molecule has 1 aliphatic rings. The van der Waals surface area contributed by atoms with Crippen LogP contribution in [0.4, 0.5) is 4.39 Å². The Morgan fingerprint density at radius 1 is 1.28 bits per heavy atom. The Kier molecular flexibility index (Phi) is 7.26. The summed E-state index contributed by atoms with van der Waals surface area (Å²) >= 11 is 5.72. The lowest BCUT2D eigenvalue weighted by Crippen LogP contribution is -2.43. The van der Waals surface area contributed by atoms with Crippen molar-refractivity contribution in [3.05, 3.63) is 52.2 Å². The number of esters is 1. The average molecular weight is 487 g/mol. The summed E-state index contributed by atoms with van der Waals surface area (Å²) in [6.07, 6.45) is 0.698. The molecule has 32 heavy (non-hydrogen) atoms. The zero-order chi connectivity index (χ0) is 23.6. The van der Waals surface area contributed by atoms with Gasteiger partial charge in [-0.1, -0.05) is 11.6 Å². The number of ether oxygens (including phenoxy) is 1. The number of hydrogen-bond acceptors (Lipinski definition) is 6. The quantitative estimate of drug-likeness (QED) is 0.581. The van der Waals surface area contributed by atoms with Gasteiger partial charge in [0, 0.05) is 26.1 Å². The molecule has 1 amide bonds. The maximum atomic E-state index is 13.4. The number of furan rings is 1. The number of nitrogens with zero attached hydrogens (tertiary/aromatic N) is 2. The maximum absolute atomic E-state index is 13.4. The summed E-state index contributed by atoms with van der Waals surface area (Å²) in [5.74, 6) is -0.829. The molecule has 3 rings (SSSR count). The van der Waals surface area contributed by atoms with Crippen LogP contribution in [-0.4, -0.2) is 56.7 Å². The molecule has 8 nitrogen and oxygen atoms in total. The fourth-order valence-electron chi connectivity index (χ4n) is 3.69. The molecular formula is C21H24ClFN2O6S. The van der Waals surface area contributed by atoms with Crippen LogP contribution < -0.4 is 0 Å². The van der Waals surface area contributed by atoms with Crippen molar-refractivity contribution in [2.45, 2.75) is 31.2 Å². The fourth-order valence-corrected chi connectivity index (χ4v) is 5.43. The number of benzene rings is 1. The van der Waals surface area contributed by atoms with E-state index in [2.05, 4.69) is 0 Å². The van der Waals surface area contributed by atoms with Crippen molar-refractivity contribution < 1.29 is 31.6 Å². The van der Waals surface area contributed by atoms with Crippen LogP contribution in [0, 0.1) is 18.7 Å². The highest BCUT2D eigenvalue weighted by atomic mass is 35.5. The fraction of sp³-hybridized carbons (Fsp3) is 0.429. The predicted octanol–water partition coefficient (Wildman–Crippen LogP) is 3.23. The molecule has 174 valence electrons. The second kappa shape index (κ2) is 9.60. The standard InChI is InChI=1S/C21H24ClFN2O6S/c1-13-17(21(27)30-3)10-15(31-13)12-24(2)20(26)14-6-8-25(9-7-14)32(28,29)16-4-5-19(23)18(22)11-16/h4-5,10-11,14H,6-9,12H2,1-3H3. The normalized spacial score (nSPS) is 15.5. The first-order chi connectivity index (χ1) is 15.0. The molecule has 1 saturated heterocycles. The van der Waals surface area contributed by atoms with Gasteiger partial charge in [0.05, 0.1) is 23.6 Å². The van der Waals surface area contributed by atoms with Gasteiger partial charge < -0.3 is 14.1 Å². The van der Waals surface area contributed by atoms with Crippen molar-refractivity contribution in [2.75, 3.05) is 27.2 Å². The first-order valence-corrected chi connectivity index (χ1v) is 11.7. The predicted molar refractivity (Wildman–Crippen MR) is 114 cm³/mol. The van der Waals surface area contributed by atoms with Crippen LogP contribution in [0.25, 0.3) is 0 Å². The minimum absolute atomic E-state index is 0.0830. The maximum Gasteiger partial charge on any atom is 0.341 e. The van der Waals surface area contributed by atoms with Gasteiger partial charge in [0.2, 0.25) is 15.9 Å². The van der Waals surface area contributed by atoms with E-state index in [4.69, 9.17) is 20.8 Å². The van der Waals surface area contributed by atoms with Gasteiger partial charge in [-0.2, -0.15) is 4.31 Å². The molecule has 2 heterocycles. The van der Waals surface area contributed by atoms with Crippen molar-refractivity contribution in [2.24, 2.45) is 5.92 Å². The van der Waals surface area contributed by atoms with Crippen LogP contribution in [0.15, 0.2) is 33.6 Å². The van der Waals surface area contributed by atoms with Gasteiger partial charge in [0.15, 0.2) is 0 Å². The van der Waals surface area contributed by atoms with Crippen molar-refractivity contribution >= 4 is 33.5 Å². The molecule has 0 N–H and O–H groups in total. The number of carbonyl (C=O) groups excluding carboxylic acids is 2. The summed E-state index contributed by atoms with van der Waals surface area (Å²) in [6.45, 7) is 2.13. The van der Waals surface area contributed by atoms with Crippen molar-refractivity contribution in [3.63, 3.8) is 0 Å². The van der Waals surface area contributed by atoms with Crippen LogP contribution >= 0.6 is 11.6 Å². The Morgan fingerprint density at radius 2 is 1.94 bits per heavy atom. The van der Waals surface area contributed by atoms with Crippen LogP contribution in [0.1, 0.15) is 34.7 Å².